The number of rotatable bonds is 4. The zero-order valence-corrected chi connectivity index (χ0v) is 13.7. The average molecular weight is 329 g/mol. The highest BCUT2D eigenvalue weighted by molar-refractivity contribution is 5.94. The fourth-order valence-electron chi connectivity index (χ4n) is 3.27. The summed E-state index contributed by atoms with van der Waals surface area (Å²) in [6.45, 7) is 2.00. The lowest BCUT2D eigenvalue weighted by Crippen LogP contribution is -2.28. The van der Waals surface area contributed by atoms with E-state index in [4.69, 9.17) is 0 Å². The van der Waals surface area contributed by atoms with E-state index in [9.17, 15) is 13.6 Å². The molecule has 0 heterocycles. The third kappa shape index (κ3) is 3.48. The predicted molar refractivity (Wildman–Crippen MR) is 89.9 cm³/mol. The van der Waals surface area contributed by atoms with Crippen LogP contribution in [-0.2, 0) is 12.8 Å². The van der Waals surface area contributed by atoms with Crippen molar-refractivity contribution in [3.8, 4) is 0 Å². The minimum absolute atomic E-state index is 0.130. The van der Waals surface area contributed by atoms with Crippen LogP contribution in [-0.4, -0.2) is 5.91 Å². The Morgan fingerprint density at radius 1 is 1.04 bits per heavy atom. The zero-order chi connectivity index (χ0) is 17.1. The minimum atomic E-state index is -1.01. The van der Waals surface area contributed by atoms with Crippen molar-refractivity contribution in [1.29, 1.82) is 0 Å². The Morgan fingerprint density at radius 2 is 1.79 bits per heavy atom. The number of hydrogen-bond donors (Lipinski definition) is 1. The number of nitrogens with one attached hydrogen (secondary N) is 1. The summed E-state index contributed by atoms with van der Waals surface area (Å²) in [5.41, 5.74) is 3.95. The van der Waals surface area contributed by atoms with Gasteiger partial charge in [-0.15, -0.1) is 0 Å². The van der Waals surface area contributed by atoms with Gasteiger partial charge in [-0.25, -0.2) is 8.78 Å². The maximum Gasteiger partial charge on any atom is 0.251 e. The molecule has 1 N–H and O–H groups in total. The number of aryl methyl sites for hydroxylation is 2. The molecule has 4 heteroatoms. The molecule has 0 spiro atoms. The Labute approximate surface area is 140 Å². The summed E-state index contributed by atoms with van der Waals surface area (Å²) in [4.78, 5) is 12.3. The molecule has 3 rings (SSSR count). The number of carbonyl (C=O) groups is 1. The van der Waals surface area contributed by atoms with Crippen LogP contribution in [0, 0.1) is 11.6 Å². The molecule has 0 fully saturated rings. The first kappa shape index (κ1) is 16.6. The number of halogens is 2. The molecule has 0 aliphatic heterocycles. The fraction of sp³-hybridized carbons (Fsp3) is 0.350. The zero-order valence-electron chi connectivity index (χ0n) is 13.7. The van der Waals surface area contributed by atoms with E-state index < -0.39 is 17.5 Å². The first-order valence-electron chi connectivity index (χ1n) is 8.46. The summed E-state index contributed by atoms with van der Waals surface area (Å²) in [6.07, 6.45) is 5.36. The second-order valence-corrected chi connectivity index (χ2v) is 6.30. The van der Waals surface area contributed by atoms with Crippen LogP contribution in [0.3, 0.4) is 0 Å². The highest BCUT2D eigenvalue weighted by atomic mass is 19.2. The number of amides is 1. The first-order chi connectivity index (χ1) is 11.6. The molecular weight excluding hydrogens is 308 g/mol. The highest BCUT2D eigenvalue weighted by Gasteiger charge is 2.17. The molecule has 2 aromatic carbocycles. The number of carbonyl (C=O) groups excluding carboxylic acids is 1. The molecule has 1 aliphatic carbocycles. The molecule has 24 heavy (non-hydrogen) atoms. The van der Waals surface area contributed by atoms with E-state index in [1.54, 1.807) is 0 Å². The second-order valence-electron chi connectivity index (χ2n) is 6.30. The van der Waals surface area contributed by atoms with Gasteiger partial charge in [0.2, 0.25) is 0 Å². The fourth-order valence-corrected chi connectivity index (χ4v) is 3.27. The van der Waals surface area contributed by atoms with Crippen molar-refractivity contribution in [2.75, 3.05) is 0 Å². The summed E-state index contributed by atoms with van der Waals surface area (Å²) in [5.74, 6) is -2.35. The van der Waals surface area contributed by atoms with Crippen LogP contribution in [0.4, 0.5) is 8.78 Å². The van der Waals surface area contributed by atoms with Crippen molar-refractivity contribution in [1.82, 2.24) is 5.32 Å². The maximum absolute atomic E-state index is 13.3. The summed E-state index contributed by atoms with van der Waals surface area (Å²) >= 11 is 0. The number of hydrogen-bond acceptors (Lipinski definition) is 1. The van der Waals surface area contributed by atoms with Crippen molar-refractivity contribution >= 4 is 5.91 Å². The van der Waals surface area contributed by atoms with Crippen molar-refractivity contribution in [3.63, 3.8) is 0 Å². The smallest absolute Gasteiger partial charge is 0.251 e. The van der Waals surface area contributed by atoms with Crippen LogP contribution in [0.5, 0.6) is 0 Å². The molecule has 1 unspecified atom stereocenters. The van der Waals surface area contributed by atoms with Gasteiger partial charge in [0, 0.05) is 5.56 Å². The third-order valence-electron chi connectivity index (χ3n) is 4.67. The van der Waals surface area contributed by atoms with Crippen molar-refractivity contribution in [2.24, 2.45) is 0 Å². The molecule has 0 saturated carbocycles. The molecule has 0 bridgehead atoms. The monoisotopic (exact) mass is 329 g/mol. The van der Waals surface area contributed by atoms with Gasteiger partial charge in [0.15, 0.2) is 11.6 Å². The van der Waals surface area contributed by atoms with Crippen molar-refractivity contribution in [2.45, 2.75) is 45.1 Å². The second kappa shape index (κ2) is 7.12. The average Bonchev–Trinajstić information content (AvgIpc) is 2.61. The lowest BCUT2D eigenvalue weighted by Gasteiger charge is -2.21. The molecule has 0 radical (unpaired) electrons. The lowest BCUT2D eigenvalue weighted by atomic mass is 9.88. The number of fused-ring (bicyclic) bond motifs is 1. The summed E-state index contributed by atoms with van der Waals surface area (Å²) in [7, 11) is 0. The lowest BCUT2D eigenvalue weighted by molar-refractivity contribution is 0.0935. The Morgan fingerprint density at radius 3 is 2.50 bits per heavy atom. The van der Waals surface area contributed by atoms with Crippen LogP contribution in [0.1, 0.15) is 59.3 Å². The molecule has 0 saturated heterocycles. The summed E-state index contributed by atoms with van der Waals surface area (Å²) in [6, 6.07) is 9.45. The molecule has 1 aliphatic rings. The Balaban J connectivity index is 1.79. The normalized spacial score (nSPS) is 14.8. The Hall–Kier alpha value is -2.23. The van der Waals surface area contributed by atoms with Crippen LogP contribution in [0.2, 0.25) is 0 Å². The Bertz CT molecular complexity index is 757. The number of benzene rings is 2. The van der Waals surface area contributed by atoms with Gasteiger partial charge in [0.25, 0.3) is 5.91 Å². The van der Waals surface area contributed by atoms with E-state index >= 15 is 0 Å². The summed E-state index contributed by atoms with van der Waals surface area (Å²) < 4.78 is 26.3. The Kier molecular flexibility index (Phi) is 4.93. The van der Waals surface area contributed by atoms with Gasteiger partial charge >= 0.3 is 0 Å². The van der Waals surface area contributed by atoms with Crippen LogP contribution >= 0.6 is 0 Å². The molecule has 126 valence electrons. The maximum atomic E-state index is 13.3. The van der Waals surface area contributed by atoms with Gasteiger partial charge in [-0.1, -0.05) is 25.1 Å². The largest absolute Gasteiger partial charge is 0.345 e. The van der Waals surface area contributed by atoms with E-state index in [1.165, 1.54) is 30.0 Å². The van der Waals surface area contributed by atoms with Gasteiger partial charge < -0.3 is 5.32 Å². The summed E-state index contributed by atoms with van der Waals surface area (Å²) in [5, 5.41) is 2.92. The molecule has 2 nitrogen and oxygen atoms in total. The van der Waals surface area contributed by atoms with Crippen LogP contribution < -0.4 is 5.32 Å². The minimum Gasteiger partial charge on any atom is -0.345 e. The predicted octanol–water partition coefficient (Wildman–Crippen LogP) is 4.72. The SMILES string of the molecule is CCC(NC(=O)c1ccc(F)c(F)c1)c1ccc2c(c1)CCCC2. The van der Waals surface area contributed by atoms with Crippen LogP contribution in [0.25, 0.3) is 0 Å². The van der Waals surface area contributed by atoms with E-state index in [0.29, 0.717) is 0 Å². The standard InChI is InChI=1S/C20H21F2NO/c1-2-19(15-8-7-13-5-3-4-6-14(13)11-15)23-20(24)16-9-10-17(21)18(22)12-16/h7-12,19H,2-6H2,1H3,(H,23,24). The third-order valence-corrected chi connectivity index (χ3v) is 4.67. The van der Waals surface area contributed by atoms with E-state index in [1.807, 2.05) is 6.92 Å². The van der Waals surface area contributed by atoms with E-state index in [-0.39, 0.29) is 11.6 Å². The van der Waals surface area contributed by atoms with Gasteiger partial charge in [-0.05, 0) is 67.0 Å². The first-order valence-corrected chi connectivity index (χ1v) is 8.46. The highest BCUT2D eigenvalue weighted by Crippen LogP contribution is 2.26. The van der Waals surface area contributed by atoms with E-state index in [2.05, 4.69) is 23.5 Å². The topological polar surface area (TPSA) is 29.1 Å². The van der Waals surface area contributed by atoms with Crippen LogP contribution in [0.15, 0.2) is 36.4 Å². The molecule has 1 amide bonds. The van der Waals surface area contributed by atoms with Crippen molar-refractivity contribution < 1.29 is 13.6 Å². The molecule has 2 aromatic rings. The quantitative estimate of drug-likeness (QED) is 0.863. The van der Waals surface area contributed by atoms with E-state index in [0.717, 1.165) is 37.0 Å². The molecule has 1 atom stereocenters. The van der Waals surface area contributed by atoms with Gasteiger partial charge in [-0.2, -0.15) is 0 Å². The van der Waals surface area contributed by atoms with Gasteiger partial charge in [0.1, 0.15) is 0 Å². The van der Waals surface area contributed by atoms with Gasteiger partial charge in [-0.3, -0.25) is 4.79 Å². The molecular formula is C20H21F2NO. The molecule has 0 aromatic heterocycles. The van der Waals surface area contributed by atoms with Gasteiger partial charge in [0.05, 0.1) is 6.04 Å². The van der Waals surface area contributed by atoms with Crippen molar-refractivity contribution in [3.05, 3.63) is 70.3 Å².